The molecule has 1 aromatic carbocycles. The summed E-state index contributed by atoms with van der Waals surface area (Å²) in [6, 6.07) is 9.50. The van der Waals surface area contributed by atoms with Crippen molar-refractivity contribution in [2.24, 2.45) is 0 Å². The molecule has 9 nitrogen and oxygen atoms in total. The van der Waals surface area contributed by atoms with Crippen molar-refractivity contribution in [1.82, 2.24) is 16.0 Å². The second-order valence-corrected chi connectivity index (χ2v) is 8.51. The van der Waals surface area contributed by atoms with Gasteiger partial charge >= 0.3 is 12.1 Å². The second kappa shape index (κ2) is 20.3. The number of amides is 3. The van der Waals surface area contributed by atoms with Crippen LogP contribution in [0.15, 0.2) is 30.3 Å². The minimum absolute atomic E-state index is 0.0196. The summed E-state index contributed by atoms with van der Waals surface area (Å²) >= 11 is 0. The van der Waals surface area contributed by atoms with Gasteiger partial charge in [0.2, 0.25) is 11.8 Å². The molecule has 3 amide bonds. The monoisotopic (exact) mass is 491 g/mol. The predicted molar refractivity (Wildman–Crippen MR) is 134 cm³/mol. The smallest absolute Gasteiger partial charge is 0.407 e. The summed E-state index contributed by atoms with van der Waals surface area (Å²) in [7, 11) is 0. The lowest BCUT2D eigenvalue weighted by atomic mass is 10.1. The molecule has 0 bridgehead atoms. The number of ether oxygens (including phenoxy) is 1. The average Bonchev–Trinajstić information content (AvgIpc) is 2.84. The van der Waals surface area contributed by atoms with Crippen molar-refractivity contribution in [2.45, 2.75) is 83.7 Å². The van der Waals surface area contributed by atoms with E-state index in [2.05, 4.69) is 16.0 Å². The van der Waals surface area contributed by atoms with Gasteiger partial charge in [-0.3, -0.25) is 14.4 Å². The Morgan fingerprint density at radius 1 is 0.629 bits per heavy atom. The summed E-state index contributed by atoms with van der Waals surface area (Å²) in [5.41, 5.74) is 0.942. The van der Waals surface area contributed by atoms with Gasteiger partial charge in [-0.2, -0.15) is 0 Å². The first kappa shape index (κ1) is 29.9. The SMILES string of the molecule is O=C(O)CCCCCNC(=O)CCCCCNC(=O)CCCCCNC(=O)OCc1ccccc1. The van der Waals surface area contributed by atoms with Crippen molar-refractivity contribution in [1.29, 1.82) is 0 Å². The van der Waals surface area contributed by atoms with Crippen LogP contribution in [0.1, 0.15) is 82.6 Å². The van der Waals surface area contributed by atoms with Gasteiger partial charge in [-0.15, -0.1) is 0 Å². The van der Waals surface area contributed by atoms with Crippen LogP contribution >= 0.6 is 0 Å². The fraction of sp³-hybridized carbons (Fsp3) is 0.615. The summed E-state index contributed by atoms with van der Waals surface area (Å²) in [6.45, 7) is 1.97. The summed E-state index contributed by atoms with van der Waals surface area (Å²) < 4.78 is 5.14. The summed E-state index contributed by atoms with van der Waals surface area (Å²) in [5, 5.41) is 17.0. The van der Waals surface area contributed by atoms with Gasteiger partial charge in [0.15, 0.2) is 0 Å². The van der Waals surface area contributed by atoms with Gasteiger partial charge in [-0.05, 0) is 44.1 Å². The first-order valence-electron chi connectivity index (χ1n) is 12.7. The number of benzene rings is 1. The highest BCUT2D eigenvalue weighted by Crippen LogP contribution is 2.03. The largest absolute Gasteiger partial charge is 0.481 e. The molecule has 0 aliphatic carbocycles. The number of carboxylic acid groups (broad SMARTS) is 1. The third-order valence-electron chi connectivity index (χ3n) is 5.36. The molecule has 0 spiro atoms. The fourth-order valence-corrected chi connectivity index (χ4v) is 3.35. The van der Waals surface area contributed by atoms with E-state index in [9.17, 15) is 19.2 Å². The Kier molecular flexibility index (Phi) is 17.4. The van der Waals surface area contributed by atoms with Crippen molar-refractivity contribution >= 4 is 23.9 Å². The lowest BCUT2D eigenvalue weighted by molar-refractivity contribution is -0.137. The molecule has 0 heterocycles. The van der Waals surface area contributed by atoms with E-state index in [1.54, 1.807) is 0 Å². The van der Waals surface area contributed by atoms with E-state index in [0.717, 1.165) is 56.9 Å². The van der Waals surface area contributed by atoms with E-state index in [4.69, 9.17) is 9.84 Å². The van der Waals surface area contributed by atoms with E-state index in [1.807, 2.05) is 30.3 Å². The normalized spacial score (nSPS) is 10.4. The van der Waals surface area contributed by atoms with Crippen LogP contribution in [-0.2, 0) is 25.7 Å². The van der Waals surface area contributed by atoms with E-state index < -0.39 is 12.1 Å². The van der Waals surface area contributed by atoms with Gasteiger partial charge in [0.25, 0.3) is 0 Å². The van der Waals surface area contributed by atoms with Crippen LogP contribution in [0, 0.1) is 0 Å². The number of hydrogen-bond donors (Lipinski definition) is 4. The molecule has 0 saturated heterocycles. The van der Waals surface area contributed by atoms with Gasteiger partial charge in [0.05, 0.1) is 0 Å². The Morgan fingerprint density at radius 3 is 1.63 bits per heavy atom. The molecule has 0 unspecified atom stereocenters. The number of aliphatic carboxylic acids is 1. The third-order valence-corrected chi connectivity index (χ3v) is 5.36. The van der Waals surface area contributed by atoms with E-state index >= 15 is 0 Å². The number of carbonyl (C=O) groups excluding carboxylic acids is 3. The molecule has 0 atom stereocenters. The van der Waals surface area contributed by atoms with E-state index in [0.29, 0.717) is 38.9 Å². The highest BCUT2D eigenvalue weighted by molar-refractivity contribution is 5.76. The Balaban J connectivity index is 1.85. The number of carboxylic acids is 1. The number of nitrogens with one attached hydrogen (secondary N) is 3. The van der Waals surface area contributed by atoms with E-state index in [1.165, 1.54) is 0 Å². The number of unbranched alkanes of at least 4 members (excludes halogenated alkanes) is 6. The van der Waals surface area contributed by atoms with E-state index in [-0.39, 0.29) is 24.8 Å². The van der Waals surface area contributed by atoms with Crippen molar-refractivity contribution < 1.29 is 29.0 Å². The zero-order chi connectivity index (χ0) is 25.6. The zero-order valence-corrected chi connectivity index (χ0v) is 20.7. The van der Waals surface area contributed by atoms with Crippen LogP contribution in [0.5, 0.6) is 0 Å². The highest BCUT2D eigenvalue weighted by Gasteiger charge is 2.04. The molecule has 0 aromatic heterocycles. The molecular weight excluding hydrogens is 450 g/mol. The molecule has 35 heavy (non-hydrogen) atoms. The van der Waals surface area contributed by atoms with Gasteiger partial charge in [0, 0.05) is 38.9 Å². The second-order valence-electron chi connectivity index (χ2n) is 8.51. The quantitative estimate of drug-likeness (QED) is 0.204. The number of alkyl carbamates (subject to hydrolysis) is 1. The minimum Gasteiger partial charge on any atom is -0.481 e. The van der Waals surface area contributed by atoms with Crippen LogP contribution in [0.25, 0.3) is 0 Å². The van der Waals surface area contributed by atoms with Gasteiger partial charge in [0.1, 0.15) is 6.61 Å². The Bertz CT molecular complexity index is 742. The predicted octanol–water partition coefficient (Wildman–Crippen LogP) is 3.91. The maximum Gasteiger partial charge on any atom is 0.407 e. The third kappa shape index (κ3) is 19.0. The van der Waals surface area contributed by atoms with Gasteiger partial charge in [-0.1, -0.05) is 49.6 Å². The van der Waals surface area contributed by atoms with Crippen LogP contribution < -0.4 is 16.0 Å². The van der Waals surface area contributed by atoms with Crippen molar-refractivity contribution in [3.63, 3.8) is 0 Å². The van der Waals surface area contributed by atoms with Crippen molar-refractivity contribution in [3.8, 4) is 0 Å². The number of rotatable bonds is 20. The van der Waals surface area contributed by atoms with Gasteiger partial charge in [-0.25, -0.2) is 4.79 Å². The molecule has 4 N–H and O–H groups in total. The molecule has 0 fully saturated rings. The summed E-state index contributed by atoms with van der Waals surface area (Å²) in [6.07, 6.45) is 7.80. The molecule has 1 aromatic rings. The summed E-state index contributed by atoms with van der Waals surface area (Å²) in [4.78, 5) is 45.7. The molecule has 0 aliphatic heterocycles. The molecule has 0 radical (unpaired) electrons. The first-order valence-corrected chi connectivity index (χ1v) is 12.7. The molecule has 0 aliphatic rings. The van der Waals surface area contributed by atoms with Crippen molar-refractivity contribution in [2.75, 3.05) is 19.6 Å². The Hall–Kier alpha value is -3.10. The standard InChI is InChI=1S/C26H41N3O6/c30-23(28-19-11-4-9-17-25(32)33)15-7-2-10-18-27-24(31)16-8-3-12-20-29-26(34)35-21-22-13-5-1-6-14-22/h1,5-6,13-14H,2-4,7-12,15-21H2,(H,27,31)(H,28,30)(H,29,34)(H,32,33). The number of carbonyl (C=O) groups is 4. The van der Waals surface area contributed by atoms with Crippen LogP contribution in [0.4, 0.5) is 4.79 Å². The molecular formula is C26H41N3O6. The Morgan fingerprint density at radius 2 is 1.11 bits per heavy atom. The minimum atomic E-state index is -0.784. The molecule has 196 valence electrons. The maximum atomic E-state index is 11.9. The number of hydrogen-bond acceptors (Lipinski definition) is 5. The van der Waals surface area contributed by atoms with Crippen LogP contribution in [0.3, 0.4) is 0 Å². The lowest BCUT2D eigenvalue weighted by Gasteiger charge is -2.08. The molecule has 9 heteroatoms. The first-order chi connectivity index (χ1) is 17.0. The lowest BCUT2D eigenvalue weighted by Crippen LogP contribution is -2.26. The van der Waals surface area contributed by atoms with Crippen LogP contribution in [0.2, 0.25) is 0 Å². The van der Waals surface area contributed by atoms with Crippen LogP contribution in [-0.4, -0.2) is 48.6 Å². The summed E-state index contributed by atoms with van der Waals surface area (Å²) in [5.74, 6) is -0.735. The Labute approximate surface area is 208 Å². The zero-order valence-electron chi connectivity index (χ0n) is 20.7. The highest BCUT2D eigenvalue weighted by atomic mass is 16.5. The van der Waals surface area contributed by atoms with Crippen molar-refractivity contribution in [3.05, 3.63) is 35.9 Å². The van der Waals surface area contributed by atoms with Gasteiger partial charge < -0.3 is 25.8 Å². The fourth-order valence-electron chi connectivity index (χ4n) is 3.35. The topological polar surface area (TPSA) is 134 Å². The average molecular weight is 492 g/mol. The maximum absolute atomic E-state index is 11.9. The molecule has 0 saturated carbocycles. The molecule has 1 rings (SSSR count).